The van der Waals surface area contributed by atoms with Crippen molar-refractivity contribution in [1.29, 1.82) is 0 Å². The second kappa shape index (κ2) is 6.56. The Kier molecular flexibility index (Phi) is 4.55. The Morgan fingerprint density at radius 1 is 1.24 bits per heavy atom. The number of furan rings is 1. The molecule has 0 aliphatic rings. The molecule has 0 saturated carbocycles. The standard InChI is InChI=1S/C14H15N3O4/c1-9-6-15-5-4-10(9)7-16-14(20)17-8-11-2-3-12(21-11)13(18)19/h2-6H,7-8H2,1H3,(H,18,19)(H2,16,17,20). The number of carboxylic acids is 1. The summed E-state index contributed by atoms with van der Waals surface area (Å²) in [5, 5.41) is 14.0. The molecule has 2 aromatic rings. The molecule has 0 aliphatic carbocycles. The maximum Gasteiger partial charge on any atom is 0.371 e. The van der Waals surface area contributed by atoms with E-state index in [1.54, 1.807) is 12.4 Å². The maximum atomic E-state index is 11.6. The third-order valence-corrected chi connectivity index (χ3v) is 2.87. The number of nitrogens with one attached hydrogen (secondary N) is 2. The molecule has 0 aliphatic heterocycles. The number of aromatic nitrogens is 1. The minimum absolute atomic E-state index is 0.119. The van der Waals surface area contributed by atoms with Crippen molar-refractivity contribution in [3.63, 3.8) is 0 Å². The van der Waals surface area contributed by atoms with Gasteiger partial charge in [-0.15, -0.1) is 0 Å². The molecule has 0 fully saturated rings. The summed E-state index contributed by atoms with van der Waals surface area (Å²) < 4.78 is 5.03. The first-order valence-corrected chi connectivity index (χ1v) is 6.29. The van der Waals surface area contributed by atoms with Crippen molar-refractivity contribution in [2.75, 3.05) is 0 Å². The highest BCUT2D eigenvalue weighted by atomic mass is 16.4. The van der Waals surface area contributed by atoms with Gasteiger partial charge in [0.2, 0.25) is 5.76 Å². The zero-order chi connectivity index (χ0) is 15.2. The molecule has 2 heterocycles. The number of hydrogen-bond acceptors (Lipinski definition) is 4. The minimum atomic E-state index is -1.14. The predicted octanol–water partition coefficient (Wildman–Crippen LogP) is 1.68. The van der Waals surface area contributed by atoms with Crippen molar-refractivity contribution in [2.24, 2.45) is 0 Å². The fraction of sp³-hybridized carbons (Fsp3) is 0.214. The SMILES string of the molecule is Cc1cnccc1CNC(=O)NCc1ccc(C(=O)O)o1. The second-order valence-corrected chi connectivity index (χ2v) is 4.41. The van der Waals surface area contributed by atoms with E-state index in [-0.39, 0.29) is 18.3 Å². The topological polar surface area (TPSA) is 104 Å². The molecular weight excluding hydrogens is 274 g/mol. The van der Waals surface area contributed by atoms with Gasteiger partial charge in [-0.1, -0.05) is 0 Å². The van der Waals surface area contributed by atoms with Gasteiger partial charge in [0.25, 0.3) is 0 Å². The third-order valence-electron chi connectivity index (χ3n) is 2.87. The summed E-state index contributed by atoms with van der Waals surface area (Å²) in [7, 11) is 0. The average molecular weight is 289 g/mol. The molecule has 0 unspecified atom stereocenters. The highest BCUT2D eigenvalue weighted by Crippen LogP contribution is 2.07. The molecule has 3 N–H and O–H groups in total. The van der Waals surface area contributed by atoms with E-state index < -0.39 is 5.97 Å². The van der Waals surface area contributed by atoms with Crippen molar-refractivity contribution in [2.45, 2.75) is 20.0 Å². The fourth-order valence-corrected chi connectivity index (χ4v) is 1.69. The molecular formula is C14H15N3O4. The summed E-state index contributed by atoms with van der Waals surface area (Å²) in [6.07, 6.45) is 3.39. The van der Waals surface area contributed by atoms with E-state index >= 15 is 0 Å². The molecule has 21 heavy (non-hydrogen) atoms. The van der Waals surface area contributed by atoms with Crippen molar-refractivity contribution in [1.82, 2.24) is 15.6 Å². The van der Waals surface area contributed by atoms with Crippen LogP contribution in [0.25, 0.3) is 0 Å². The van der Waals surface area contributed by atoms with E-state index in [0.717, 1.165) is 11.1 Å². The molecule has 110 valence electrons. The maximum absolute atomic E-state index is 11.6. The average Bonchev–Trinajstić information content (AvgIpc) is 2.93. The molecule has 0 radical (unpaired) electrons. The van der Waals surface area contributed by atoms with E-state index in [2.05, 4.69) is 15.6 Å². The van der Waals surface area contributed by atoms with Crippen molar-refractivity contribution in [3.05, 3.63) is 53.2 Å². The smallest absolute Gasteiger partial charge is 0.371 e. The van der Waals surface area contributed by atoms with Gasteiger partial charge in [-0.05, 0) is 36.2 Å². The normalized spacial score (nSPS) is 10.1. The predicted molar refractivity (Wildman–Crippen MR) is 73.7 cm³/mol. The summed E-state index contributed by atoms with van der Waals surface area (Å²) in [6.45, 7) is 2.42. The number of amides is 2. The van der Waals surface area contributed by atoms with E-state index in [4.69, 9.17) is 9.52 Å². The zero-order valence-corrected chi connectivity index (χ0v) is 11.4. The van der Waals surface area contributed by atoms with Crippen LogP contribution in [0.5, 0.6) is 0 Å². The van der Waals surface area contributed by atoms with Crippen LogP contribution >= 0.6 is 0 Å². The molecule has 2 amide bonds. The Morgan fingerprint density at radius 2 is 2.00 bits per heavy atom. The van der Waals surface area contributed by atoms with E-state index in [1.807, 2.05) is 13.0 Å². The highest BCUT2D eigenvalue weighted by molar-refractivity contribution is 5.84. The van der Waals surface area contributed by atoms with Gasteiger partial charge in [-0.2, -0.15) is 0 Å². The lowest BCUT2D eigenvalue weighted by molar-refractivity contribution is 0.0660. The summed E-state index contributed by atoms with van der Waals surface area (Å²) >= 11 is 0. The van der Waals surface area contributed by atoms with Crippen LogP contribution in [0.4, 0.5) is 4.79 Å². The first kappa shape index (κ1) is 14.6. The van der Waals surface area contributed by atoms with Crippen molar-refractivity contribution < 1.29 is 19.1 Å². The zero-order valence-electron chi connectivity index (χ0n) is 11.4. The lowest BCUT2D eigenvalue weighted by Crippen LogP contribution is -2.34. The van der Waals surface area contributed by atoms with Gasteiger partial charge >= 0.3 is 12.0 Å². The fourth-order valence-electron chi connectivity index (χ4n) is 1.69. The van der Waals surface area contributed by atoms with Crippen molar-refractivity contribution in [3.8, 4) is 0 Å². The van der Waals surface area contributed by atoms with Gasteiger partial charge in [-0.25, -0.2) is 9.59 Å². The number of carboxylic acid groups (broad SMARTS) is 1. The van der Waals surface area contributed by atoms with Gasteiger partial charge in [-0.3, -0.25) is 4.98 Å². The Balaban J connectivity index is 1.79. The molecule has 7 heteroatoms. The van der Waals surface area contributed by atoms with Gasteiger partial charge in [0.15, 0.2) is 0 Å². The number of pyridine rings is 1. The Morgan fingerprint density at radius 3 is 2.67 bits per heavy atom. The first-order valence-electron chi connectivity index (χ1n) is 6.29. The number of carbonyl (C=O) groups is 2. The van der Waals surface area contributed by atoms with Crippen molar-refractivity contribution >= 4 is 12.0 Å². The number of aromatic carboxylic acids is 1. The lowest BCUT2D eigenvalue weighted by Gasteiger charge is -2.08. The number of aryl methyl sites for hydroxylation is 1. The van der Waals surface area contributed by atoms with E-state index in [9.17, 15) is 9.59 Å². The highest BCUT2D eigenvalue weighted by Gasteiger charge is 2.09. The Bertz CT molecular complexity index is 651. The van der Waals surface area contributed by atoms with Gasteiger partial charge < -0.3 is 20.2 Å². The van der Waals surface area contributed by atoms with Crippen LogP contribution in [-0.2, 0) is 13.1 Å². The van der Waals surface area contributed by atoms with Crippen LogP contribution in [-0.4, -0.2) is 22.1 Å². The minimum Gasteiger partial charge on any atom is -0.475 e. The second-order valence-electron chi connectivity index (χ2n) is 4.41. The lowest BCUT2D eigenvalue weighted by atomic mass is 10.1. The molecule has 2 rings (SSSR count). The summed E-state index contributed by atoms with van der Waals surface area (Å²) in [4.78, 5) is 26.3. The van der Waals surface area contributed by atoms with Crippen LogP contribution in [0, 0.1) is 6.92 Å². The van der Waals surface area contributed by atoms with Crippen LogP contribution < -0.4 is 10.6 Å². The molecule has 2 aromatic heterocycles. The molecule has 0 aromatic carbocycles. The molecule has 0 saturated heterocycles. The third kappa shape index (κ3) is 4.07. The van der Waals surface area contributed by atoms with Crippen LogP contribution in [0.1, 0.15) is 27.4 Å². The number of carbonyl (C=O) groups excluding carboxylic acids is 1. The summed E-state index contributed by atoms with van der Waals surface area (Å²) in [5.74, 6) is -0.916. The largest absolute Gasteiger partial charge is 0.475 e. The molecule has 7 nitrogen and oxygen atoms in total. The molecule has 0 bridgehead atoms. The van der Waals surface area contributed by atoms with E-state index in [1.165, 1.54) is 12.1 Å². The first-order chi connectivity index (χ1) is 10.1. The number of rotatable bonds is 5. The monoisotopic (exact) mass is 289 g/mol. The number of hydrogen-bond donors (Lipinski definition) is 3. The van der Waals surface area contributed by atoms with Crippen LogP contribution in [0.2, 0.25) is 0 Å². The van der Waals surface area contributed by atoms with Gasteiger partial charge in [0, 0.05) is 18.9 Å². The van der Waals surface area contributed by atoms with E-state index in [0.29, 0.717) is 12.3 Å². The Hall–Kier alpha value is -2.83. The molecule has 0 spiro atoms. The quantitative estimate of drug-likeness (QED) is 0.776. The number of nitrogens with zero attached hydrogens (tertiary/aromatic N) is 1. The van der Waals surface area contributed by atoms with Gasteiger partial charge in [0.1, 0.15) is 5.76 Å². The molecule has 0 atom stereocenters. The van der Waals surface area contributed by atoms with Gasteiger partial charge in [0.05, 0.1) is 6.54 Å². The summed E-state index contributed by atoms with van der Waals surface area (Å²) in [6, 6.07) is 4.33. The van der Waals surface area contributed by atoms with Crippen LogP contribution in [0.15, 0.2) is 35.0 Å². The summed E-state index contributed by atoms with van der Waals surface area (Å²) in [5.41, 5.74) is 1.97. The Labute approximate surface area is 121 Å². The van der Waals surface area contributed by atoms with Crippen LogP contribution in [0.3, 0.4) is 0 Å². The number of urea groups is 1.